The Labute approximate surface area is 375 Å². The van der Waals surface area contributed by atoms with Gasteiger partial charge < -0.3 is 4.90 Å². The highest BCUT2D eigenvalue weighted by molar-refractivity contribution is 6.21. The number of aryl methyl sites for hydroxylation is 2. The predicted molar refractivity (Wildman–Crippen MR) is 274 cm³/mol. The second kappa shape index (κ2) is 14.7. The van der Waals surface area contributed by atoms with E-state index in [1.165, 1.54) is 121 Å². The molecular formula is C63H47N. The Morgan fingerprint density at radius 1 is 0.312 bits per heavy atom. The van der Waals surface area contributed by atoms with Gasteiger partial charge >= 0.3 is 0 Å². The summed E-state index contributed by atoms with van der Waals surface area (Å²) in [5.41, 5.74) is 18.6. The van der Waals surface area contributed by atoms with Crippen LogP contribution in [0.25, 0.3) is 87.6 Å². The summed E-state index contributed by atoms with van der Waals surface area (Å²) in [5, 5.41) is 10.1. The molecule has 1 aliphatic rings. The summed E-state index contributed by atoms with van der Waals surface area (Å²) in [7, 11) is 0. The first-order chi connectivity index (χ1) is 31.3. The van der Waals surface area contributed by atoms with Gasteiger partial charge in [0.25, 0.3) is 0 Å². The molecule has 64 heavy (non-hydrogen) atoms. The van der Waals surface area contributed by atoms with Crippen LogP contribution < -0.4 is 4.90 Å². The first-order valence-corrected chi connectivity index (χ1v) is 22.5. The molecule has 0 unspecified atom stereocenters. The fourth-order valence-electron chi connectivity index (χ4n) is 10.9. The number of nitrogens with zero attached hydrogens (tertiary/aromatic N) is 1. The van der Waals surface area contributed by atoms with Crippen molar-refractivity contribution < 1.29 is 0 Å². The topological polar surface area (TPSA) is 3.24 Å². The lowest BCUT2D eigenvalue weighted by Gasteiger charge is -2.30. The molecule has 0 spiro atoms. The summed E-state index contributed by atoms with van der Waals surface area (Å²) in [6, 6.07) is 79.1. The van der Waals surface area contributed by atoms with Crippen molar-refractivity contribution in [1.82, 2.24) is 0 Å². The summed E-state index contributed by atoms with van der Waals surface area (Å²) in [6.45, 7) is 9.26. The highest BCUT2D eigenvalue weighted by Crippen LogP contribution is 2.54. The lowest BCUT2D eigenvalue weighted by Crippen LogP contribution is -2.17. The molecule has 1 heteroatoms. The molecule has 0 radical (unpaired) electrons. The van der Waals surface area contributed by atoms with E-state index in [2.05, 4.69) is 245 Å². The third kappa shape index (κ3) is 5.85. The standard InChI is InChI=1S/C63H47N/c1-40-29-35-59(51-23-10-8-21-47(40)51)64(60-36-30-41(2)48-22-9-11-24-52(48)60)46-32-34-50-49-33-31-45(38-57(49)63(3,4)58(50)39-46)62-55-27-14-12-25-53(55)61(54-26-13-15-28-56(54)62)44-20-16-19-43(37-44)42-17-6-5-7-18-42/h5-39H,1-4H3. The molecule has 0 aromatic heterocycles. The molecule has 11 aromatic rings. The Kier molecular flexibility index (Phi) is 8.71. The maximum atomic E-state index is 2.50. The van der Waals surface area contributed by atoms with Gasteiger partial charge in [-0.15, -0.1) is 0 Å². The average molecular weight is 818 g/mol. The highest BCUT2D eigenvalue weighted by Gasteiger charge is 2.37. The normalized spacial score (nSPS) is 12.8. The monoisotopic (exact) mass is 817 g/mol. The van der Waals surface area contributed by atoms with Gasteiger partial charge in [-0.2, -0.15) is 0 Å². The molecule has 0 atom stereocenters. The van der Waals surface area contributed by atoms with Crippen molar-refractivity contribution in [3.8, 4) is 44.5 Å². The number of hydrogen-bond acceptors (Lipinski definition) is 1. The number of fused-ring (bicyclic) bond motifs is 7. The molecular weight excluding hydrogens is 771 g/mol. The molecule has 304 valence electrons. The van der Waals surface area contributed by atoms with Crippen LogP contribution in [0, 0.1) is 13.8 Å². The van der Waals surface area contributed by atoms with E-state index in [9.17, 15) is 0 Å². The Morgan fingerprint density at radius 3 is 1.28 bits per heavy atom. The number of benzene rings is 11. The van der Waals surface area contributed by atoms with Gasteiger partial charge in [0.05, 0.1) is 11.4 Å². The average Bonchev–Trinajstić information content (AvgIpc) is 3.57. The minimum Gasteiger partial charge on any atom is -0.309 e. The Morgan fingerprint density at radius 2 is 0.734 bits per heavy atom. The van der Waals surface area contributed by atoms with E-state index in [1.807, 2.05) is 0 Å². The van der Waals surface area contributed by atoms with E-state index in [0.717, 1.165) is 5.69 Å². The quantitative estimate of drug-likeness (QED) is 0.151. The predicted octanol–water partition coefficient (Wildman–Crippen LogP) is 17.7. The van der Waals surface area contributed by atoms with Gasteiger partial charge in [-0.25, -0.2) is 0 Å². The van der Waals surface area contributed by atoms with Crippen molar-refractivity contribution in [3.05, 3.63) is 235 Å². The van der Waals surface area contributed by atoms with Crippen molar-refractivity contribution in [1.29, 1.82) is 0 Å². The molecule has 0 bridgehead atoms. The molecule has 0 saturated carbocycles. The smallest absolute Gasteiger partial charge is 0.0540 e. The third-order valence-corrected chi connectivity index (χ3v) is 14.1. The van der Waals surface area contributed by atoms with Crippen LogP contribution in [0.4, 0.5) is 17.1 Å². The zero-order valence-corrected chi connectivity index (χ0v) is 36.7. The Hall–Kier alpha value is -7.74. The Balaban J connectivity index is 1.02. The van der Waals surface area contributed by atoms with E-state index in [1.54, 1.807) is 0 Å². The first kappa shape index (κ1) is 38.0. The van der Waals surface area contributed by atoms with Crippen LogP contribution in [0.3, 0.4) is 0 Å². The van der Waals surface area contributed by atoms with Gasteiger partial charge in [0.1, 0.15) is 0 Å². The van der Waals surface area contributed by atoms with Gasteiger partial charge in [0, 0.05) is 21.9 Å². The minimum atomic E-state index is -0.254. The summed E-state index contributed by atoms with van der Waals surface area (Å²) in [6.07, 6.45) is 0. The van der Waals surface area contributed by atoms with Crippen LogP contribution in [-0.2, 0) is 5.41 Å². The van der Waals surface area contributed by atoms with Gasteiger partial charge in [-0.05, 0) is 149 Å². The minimum absolute atomic E-state index is 0.254. The summed E-state index contributed by atoms with van der Waals surface area (Å²) >= 11 is 0. The van der Waals surface area contributed by atoms with Crippen LogP contribution in [-0.4, -0.2) is 0 Å². The molecule has 0 N–H and O–H groups in total. The first-order valence-electron chi connectivity index (χ1n) is 22.5. The van der Waals surface area contributed by atoms with Gasteiger partial charge in [-0.3, -0.25) is 0 Å². The van der Waals surface area contributed by atoms with Crippen molar-refractivity contribution in [2.75, 3.05) is 4.90 Å². The summed E-state index contributed by atoms with van der Waals surface area (Å²) in [4.78, 5) is 2.50. The molecule has 1 aliphatic carbocycles. The molecule has 0 saturated heterocycles. The van der Waals surface area contributed by atoms with Crippen molar-refractivity contribution in [2.24, 2.45) is 0 Å². The molecule has 0 heterocycles. The second-order valence-corrected chi connectivity index (χ2v) is 18.1. The van der Waals surface area contributed by atoms with Gasteiger partial charge in [-0.1, -0.05) is 190 Å². The fraction of sp³-hybridized carbons (Fsp3) is 0.0794. The van der Waals surface area contributed by atoms with Crippen LogP contribution in [0.1, 0.15) is 36.1 Å². The zero-order chi connectivity index (χ0) is 43.1. The van der Waals surface area contributed by atoms with Crippen molar-refractivity contribution >= 4 is 60.2 Å². The van der Waals surface area contributed by atoms with E-state index >= 15 is 0 Å². The maximum Gasteiger partial charge on any atom is 0.0540 e. The number of rotatable bonds is 6. The van der Waals surface area contributed by atoms with Crippen LogP contribution in [0.2, 0.25) is 0 Å². The lowest BCUT2D eigenvalue weighted by molar-refractivity contribution is 0.660. The van der Waals surface area contributed by atoms with E-state index in [0.29, 0.717) is 0 Å². The van der Waals surface area contributed by atoms with Crippen molar-refractivity contribution in [2.45, 2.75) is 33.1 Å². The van der Waals surface area contributed by atoms with Crippen LogP contribution in [0.5, 0.6) is 0 Å². The summed E-state index contributed by atoms with van der Waals surface area (Å²) < 4.78 is 0. The van der Waals surface area contributed by atoms with Crippen LogP contribution in [0.15, 0.2) is 212 Å². The van der Waals surface area contributed by atoms with E-state index < -0.39 is 0 Å². The van der Waals surface area contributed by atoms with E-state index in [4.69, 9.17) is 0 Å². The van der Waals surface area contributed by atoms with Gasteiger partial charge in [0.15, 0.2) is 0 Å². The maximum absolute atomic E-state index is 2.50. The Bertz CT molecular complexity index is 3520. The molecule has 0 fully saturated rings. The zero-order valence-electron chi connectivity index (χ0n) is 36.7. The van der Waals surface area contributed by atoms with E-state index in [-0.39, 0.29) is 5.41 Å². The third-order valence-electron chi connectivity index (χ3n) is 14.1. The molecule has 12 rings (SSSR count). The molecule has 1 nitrogen and oxygen atoms in total. The SMILES string of the molecule is Cc1ccc(N(c2ccc3c(c2)C(C)(C)c2cc(-c4c5ccccc5c(-c5cccc(-c6ccccc6)c5)c5ccccc45)ccc2-3)c2ccc(C)c3ccccc23)c2ccccc12. The summed E-state index contributed by atoms with van der Waals surface area (Å²) in [5.74, 6) is 0. The molecule has 0 aliphatic heterocycles. The highest BCUT2D eigenvalue weighted by atomic mass is 15.1. The second-order valence-electron chi connectivity index (χ2n) is 18.1. The fourth-order valence-corrected chi connectivity index (χ4v) is 10.9. The largest absolute Gasteiger partial charge is 0.309 e. The lowest BCUT2D eigenvalue weighted by atomic mass is 9.80. The number of hydrogen-bond donors (Lipinski definition) is 0. The van der Waals surface area contributed by atoms with Crippen molar-refractivity contribution in [3.63, 3.8) is 0 Å². The van der Waals surface area contributed by atoms with Gasteiger partial charge in [0.2, 0.25) is 0 Å². The van der Waals surface area contributed by atoms with Crippen LogP contribution >= 0.6 is 0 Å². The number of anilines is 3. The molecule has 0 amide bonds. The molecule has 11 aromatic carbocycles.